The number of hydrogen-bond donors (Lipinski definition) is 4. The fraction of sp³-hybridized carbons (Fsp3) is 0.545. The first-order valence-electron chi connectivity index (χ1n) is 12.6. The van der Waals surface area contributed by atoms with Gasteiger partial charge < -0.3 is 31.0 Å². The van der Waals surface area contributed by atoms with Crippen molar-refractivity contribution >= 4 is 69.8 Å². The number of nitrogens with zero attached hydrogens (tertiary/aromatic N) is 8. The number of hydrogen-bond acceptors (Lipinski definition) is 16. The van der Waals surface area contributed by atoms with E-state index >= 15 is 0 Å². The minimum atomic E-state index is -1.28. The molecule has 21 heteroatoms. The molecule has 0 bridgehead atoms. The van der Waals surface area contributed by atoms with Crippen molar-refractivity contribution < 1.29 is 33.9 Å². The number of carbonyl (C=O) groups excluding carboxylic acids is 3. The molecular formula is C22H29N11O7S3. The van der Waals surface area contributed by atoms with Crippen molar-refractivity contribution in [2.24, 2.45) is 5.16 Å². The second-order valence-corrected chi connectivity index (χ2v) is 13.0. The summed E-state index contributed by atoms with van der Waals surface area (Å²) in [6, 6.07) is -1.35. The monoisotopic (exact) mass is 655 g/mol. The Labute approximate surface area is 257 Å². The highest BCUT2D eigenvalue weighted by molar-refractivity contribution is 8.01. The van der Waals surface area contributed by atoms with E-state index < -0.39 is 40.9 Å². The number of alkyl carbamates (subject to hydrolysis) is 1. The van der Waals surface area contributed by atoms with Gasteiger partial charge in [-0.2, -0.15) is 9.36 Å². The second kappa shape index (κ2) is 13.1. The molecule has 232 valence electrons. The summed E-state index contributed by atoms with van der Waals surface area (Å²) in [7, 11) is 1.24. The number of anilines is 1. The van der Waals surface area contributed by atoms with Crippen LogP contribution in [-0.4, -0.2) is 111 Å². The van der Waals surface area contributed by atoms with Crippen molar-refractivity contribution in [1.29, 1.82) is 0 Å². The molecule has 2 aliphatic heterocycles. The summed E-state index contributed by atoms with van der Waals surface area (Å²) in [5.74, 6) is -2.27. The minimum absolute atomic E-state index is 0.0653. The van der Waals surface area contributed by atoms with E-state index in [4.69, 9.17) is 15.3 Å². The molecule has 2 aromatic heterocycles. The lowest BCUT2D eigenvalue weighted by Crippen LogP contribution is -2.71. The van der Waals surface area contributed by atoms with E-state index in [1.54, 1.807) is 27.7 Å². The van der Waals surface area contributed by atoms with Gasteiger partial charge >= 0.3 is 12.1 Å². The Morgan fingerprint density at radius 2 is 2.07 bits per heavy atom. The van der Waals surface area contributed by atoms with E-state index in [2.05, 4.69) is 40.7 Å². The quantitative estimate of drug-likeness (QED) is 0.108. The lowest BCUT2D eigenvalue weighted by atomic mass is 10.0. The summed E-state index contributed by atoms with van der Waals surface area (Å²) < 4.78 is 10.7. The number of carbonyl (C=O) groups is 4. The van der Waals surface area contributed by atoms with E-state index in [0.29, 0.717) is 10.7 Å². The highest BCUT2D eigenvalue weighted by atomic mass is 32.2. The van der Waals surface area contributed by atoms with Gasteiger partial charge in [0.15, 0.2) is 5.13 Å². The number of ether oxygens (including phenoxy) is 1. The molecule has 0 aromatic carbocycles. The third-order valence-corrected chi connectivity index (χ3v) is 8.69. The van der Waals surface area contributed by atoms with Gasteiger partial charge in [-0.1, -0.05) is 16.9 Å². The molecule has 1 fully saturated rings. The molecule has 0 aliphatic carbocycles. The van der Waals surface area contributed by atoms with Crippen LogP contribution in [0.4, 0.5) is 9.93 Å². The van der Waals surface area contributed by atoms with Crippen LogP contribution in [0.3, 0.4) is 0 Å². The Balaban J connectivity index is 1.41. The Morgan fingerprint density at radius 3 is 2.70 bits per heavy atom. The van der Waals surface area contributed by atoms with Gasteiger partial charge in [-0.3, -0.25) is 14.5 Å². The van der Waals surface area contributed by atoms with E-state index in [9.17, 15) is 24.3 Å². The van der Waals surface area contributed by atoms with Gasteiger partial charge in [-0.25, -0.2) is 14.3 Å². The minimum Gasteiger partial charge on any atom is -0.477 e. The SMILES string of the molecule is CON=C(C(=O)NC1C(=O)N2C(C(=O)O)=C(CSc3nnnn3C(C)CNC(=O)OC(C)(C)C)CS[C@H]12)c1nsc(N)n1. The number of tetrazole rings is 1. The Hall–Kier alpha value is -3.98. The Kier molecular flexibility index (Phi) is 9.75. The molecule has 43 heavy (non-hydrogen) atoms. The maximum Gasteiger partial charge on any atom is 0.407 e. The van der Waals surface area contributed by atoms with Crippen molar-refractivity contribution in [3.63, 3.8) is 0 Å². The van der Waals surface area contributed by atoms with Crippen LogP contribution in [0, 0.1) is 0 Å². The van der Waals surface area contributed by atoms with Crippen molar-refractivity contribution in [3.05, 3.63) is 17.1 Å². The van der Waals surface area contributed by atoms with Crippen molar-refractivity contribution in [3.8, 4) is 0 Å². The standard InChI is InChI=1S/C22H29N11O7S3/c1-9(6-24-21(38)40-22(2,3)4)33-20(27-30-31-33)42-8-10-7-41-17-12(16(35)32(17)13(10)18(36)37)25-15(34)11(28-39-5)14-26-19(23)43-29-14/h9,12,17H,6-8H2,1-5H3,(H,24,38)(H,25,34)(H,36,37)(H2,23,26,29)/t9?,12?,17-/m1/s1. The fourth-order valence-electron chi connectivity index (χ4n) is 3.95. The summed E-state index contributed by atoms with van der Waals surface area (Å²) in [5, 5.41) is 30.5. The van der Waals surface area contributed by atoms with Gasteiger partial charge in [-0.05, 0) is 43.7 Å². The second-order valence-electron chi connectivity index (χ2n) is 10.1. The summed E-state index contributed by atoms with van der Waals surface area (Å²) >= 11 is 3.35. The molecule has 5 N–H and O–H groups in total. The van der Waals surface area contributed by atoms with Crippen LogP contribution in [0.1, 0.15) is 39.6 Å². The number of nitrogen functional groups attached to an aromatic ring is 1. The fourth-order valence-corrected chi connectivity index (χ4v) is 6.85. The first-order valence-corrected chi connectivity index (χ1v) is 15.4. The molecule has 3 amide bonds. The largest absolute Gasteiger partial charge is 0.477 e. The number of amides is 3. The number of fused-ring (bicyclic) bond motifs is 1. The number of carboxylic acid groups (broad SMARTS) is 1. The van der Waals surface area contributed by atoms with Crippen molar-refractivity contribution in [2.45, 2.75) is 55.9 Å². The summed E-state index contributed by atoms with van der Waals surface area (Å²) in [4.78, 5) is 60.1. The van der Waals surface area contributed by atoms with Crippen LogP contribution in [-0.2, 0) is 24.0 Å². The maximum atomic E-state index is 13.1. The number of β-lactam (4-membered cyclic amide) rings is 1. The lowest BCUT2D eigenvalue weighted by Gasteiger charge is -2.49. The predicted octanol–water partition coefficient (Wildman–Crippen LogP) is 0.0739. The third-order valence-electron chi connectivity index (χ3n) is 5.78. The van der Waals surface area contributed by atoms with E-state index in [-0.39, 0.29) is 46.5 Å². The zero-order chi connectivity index (χ0) is 31.5. The van der Waals surface area contributed by atoms with Crippen LogP contribution in [0.25, 0.3) is 0 Å². The molecule has 0 spiro atoms. The average Bonchev–Trinajstić information content (AvgIpc) is 3.59. The molecular weight excluding hydrogens is 627 g/mol. The van der Waals surface area contributed by atoms with Gasteiger partial charge in [0, 0.05) is 29.6 Å². The van der Waals surface area contributed by atoms with E-state index in [1.165, 1.54) is 35.3 Å². The van der Waals surface area contributed by atoms with Crippen molar-refractivity contribution in [2.75, 3.05) is 30.9 Å². The van der Waals surface area contributed by atoms with Crippen LogP contribution in [0.5, 0.6) is 0 Å². The topological polar surface area (TPSA) is 242 Å². The molecule has 2 aliphatic rings. The first-order chi connectivity index (χ1) is 20.3. The molecule has 4 heterocycles. The predicted molar refractivity (Wildman–Crippen MR) is 155 cm³/mol. The number of nitrogens with one attached hydrogen (secondary N) is 2. The molecule has 2 aromatic rings. The lowest BCUT2D eigenvalue weighted by molar-refractivity contribution is -0.150. The number of oxime groups is 1. The number of rotatable bonds is 11. The molecule has 4 rings (SSSR count). The smallest absolute Gasteiger partial charge is 0.407 e. The van der Waals surface area contributed by atoms with Gasteiger partial charge in [0.2, 0.25) is 16.7 Å². The summed E-state index contributed by atoms with van der Waals surface area (Å²) in [6.45, 7) is 7.26. The Morgan fingerprint density at radius 1 is 1.33 bits per heavy atom. The summed E-state index contributed by atoms with van der Waals surface area (Å²) in [6.07, 6.45) is -0.577. The molecule has 0 saturated carbocycles. The molecule has 18 nitrogen and oxygen atoms in total. The zero-order valence-corrected chi connectivity index (χ0v) is 26.1. The van der Waals surface area contributed by atoms with Crippen LogP contribution < -0.4 is 16.4 Å². The van der Waals surface area contributed by atoms with Gasteiger partial charge in [0.05, 0.1) is 6.04 Å². The molecule has 2 unspecified atom stereocenters. The summed E-state index contributed by atoms with van der Waals surface area (Å²) in [5.41, 5.74) is 5.00. The molecule has 3 atom stereocenters. The third kappa shape index (κ3) is 7.33. The molecule has 0 radical (unpaired) electrons. The van der Waals surface area contributed by atoms with Gasteiger partial charge in [0.25, 0.3) is 11.8 Å². The normalized spacial score (nSPS) is 19.3. The molecule has 1 saturated heterocycles. The number of aliphatic carboxylic acids is 1. The number of aromatic nitrogens is 6. The Bertz CT molecular complexity index is 1470. The first kappa shape index (κ1) is 31.9. The highest BCUT2D eigenvalue weighted by Crippen LogP contribution is 2.41. The number of thioether (sulfide) groups is 2. The zero-order valence-electron chi connectivity index (χ0n) is 23.6. The number of nitrogens with two attached hydrogens (primary N) is 1. The van der Waals surface area contributed by atoms with E-state index in [0.717, 1.165) is 16.4 Å². The van der Waals surface area contributed by atoms with Crippen LogP contribution >= 0.6 is 35.1 Å². The average molecular weight is 656 g/mol. The van der Waals surface area contributed by atoms with Gasteiger partial charge in [-0.15, -0.1) is 16.9 Å². The van der Waals surface area contributed by atoms with Gasteiger partial charge in [0.1, 0.15) is 29.8 Å². The maximum absolute atomic E-state index is 13.1. The van der Waals surface area contributed by atoms with Crippen molar-refractivity contribution in [1.82, 2.24) is 45.1 Å². The van der Waals surface area contributed by atoms with E-state index in [1.807, 2.05) is 0 Å². The van der Waals surface area contributed by atoms with Crippen LogP contribution in [0.2, 0.25) is 0 Å². The number of carboxylic acids is 1. The van der Waals surface area contributed by atoms with Crippen LogP contribution in [0.15, 0.2) is 21.6 Å². The highest BCUT2D eigenvalue weighted by Gasteiger charge is 2.54.